The molecule has 0 spiro atoms. The Morgan fingerprint density at radius 3 is 2.57 bits per heavy atom. The molecule has 3 aromatic carbocycles. The number of imidazole rings is 1. The number of likely N-dealkylation sites (N-methyl/N-ethyl adjacent to an activating group) is 1. The molecular weight excluding hydrogens is 661 g/mol. The summed E-state index contributed by atoms with van der Waals surface area (Å²) in [4.78, 5) is 19.3. The highest BCUT2D eigenvalue weighted by molar-refractivity contribution is 7.92. The fraction of sp³-hybridized carbons (Fsp3) is 0.133. The van der Waals surface area contributed by atoms with E-state index in [9.17, 15) is 13.5 Å². The van der Waals surface area contributed by atoms with Gasteiger partial charge >= 0.3 is 0 Å². The van der Waals surface area contributed by atoms with E-state index in [1.165, 1.54) is 24.5 Å². The predicted molar refractivity (Wildman–Crippen MR) is 174 cm³/mol. The molecule has 0 atom stereocenters. The Kier molecular flexibility index (Phi) is 8.61. The zero-order valence-corrected chi connectivity index (χ0v) is 26.2. The van der Waals surface area contributed by atoms with Crippen molar-refractivity contribution in [3.63, 3.8) is 0 Å². The first kappa shape index (κ1) is 31.4. The normalized spacial score (nSPS) is 11.7. The third-order valence-electron chi connectivity index (χ3n) is 7.15. The molecule has 0 aliphatic rings. The number of hydrogen-bond donors (Lipinski definition) is 3. The number of aromatic nitrogens is 5. The maximum atomic E-state index is 15.7. The molecule has 0 aliphatic carbocycles. The van der Waals surface area contributed by atoms with Crippen LogP contribution in [-0.2, 0) is 10.0 Å². The first-order valence-corrected chi connectivity index (χ1v) is 16.0. The number of anilines is 4. The lowest BCUT2D eigenvalue weighted by Crippen LogP contribution is -2.26. The molecular formula is C30H24Cl2F2N8O3S. The molecule has 0 radical (unpaired) electrons. The number of para-hydroxylation sites is 1. The summed E-state index contributed by atoms with van der Waals surface area (Å²) in [6, 6.07) is 14.9. The average molecular weight is 686 g/mol. The summed E-state index contributed by atoms with van der Waals surface area (Å²) in [7, 11) is -4.41. The van der Waals surface area contributed by atoms with Crippen molar-refractivity contribution in [2.75, 3.05) is 34.6 Å². The highest BCUT2D eigenvalue weighted by Crippen LogP contribution is 2.34. The van der Waals surface area contributed by atoms with Crippen molar-refractivity contribution < 1.29 is 22.3 Å². The van der Waals surface area contributed by atoms with E-state index in [1.807, 2.05) is 30.0 Å². The van der Waals surface area contributed by atoms with Gasteiger partial charge in [-0.25, -0.2) is 37.1 Å². The quantitative estimate of drug-likeness (QED) is 0.151. The second-order valence-electron chi connectivity index (χ2n) is 9.89. The van der Waals surface area contributed by atoms with Crippen molar-refractivity contribution in [3.05, 3.63) is 95.0 Å². The molecule has 3 aromatic heterocycles. The zero-order chi connectivity index (χ0) is 32.6. The first-order chi connectivity index (χ1) is 22.1. The van der Waals surface area contributed by atoms with E-state index in [0.717, 1.165) is 23.3 Å². The minimum atomic E-state index is -4.41. The fourth-order valence-corrected chi connectivity index (χ4v) is 6.76. The van der Waals surface area contributed by atoms with Gasteiger partial charge in [-0.3, -0.25) is 9.29 Å². The molecule has 0 amide bonds. The Labute approximate surface area is 271 Å². The Hall–Kier alpha value is -4.63. The van der Waals surface area contributed by atoms with Gasteiger partial charge in [-0.1, -0.05) is 35.3 Å². The molecule has 3 N–H and O–H groups in total. The lowest BCUT2D eigenvalue weighted by Gasteiger charge is -2.22. The largest absolute Gasteiger partial charge is 0.395 e. The molecule has 11 nitrogen and oxygen atoms in total. The fourth-order valence-electron chi connectivity index (χ4n) is 4.94. The third kappa shape index (κ3) is 5.75. The molecule has 0 fully saturated rings. The molecule has 46 heavy (non-hydrogen) atoms. The summed E-state index contributed by atoms with van der Waals surface area (Å²) in [5.41, 5.74) is 1.62. The summed E-state index contributed by atoms with van der Waals surface area (Å²) in [5, 5.41) is 11.9. The topological polar surface area (TPSA) is 138 Å². The average Bonchev–Trinajstić information content (AvgIpc) is 3.49. The number of rotatable bonds is 10. The Balaban J connectivity index is 1.38. The molecule has 236 valence electrons. The summed E-state index contributed by atoms with van der Waals surface area (Å²) in [5.74, 6) is -1.86. The van der Waals surface area contributed by atoms with E-state index in [2.05, 4.69) is 25.0 Å². The smallest absolute Gasteiger partial charge is 0.263 e. The Bertz CT molecular complexity index is 2220. The van der Waals surface area contributed by atoms with Gasteiger partial charge in [0.2, 0.25) is 0 Å². The number of benzene rings is 3. The molecule has 3 heterocycles. The summed E-state index contributed by atoms with van der Waals surface area (Å²) >= 11 is 12.0. The Morgan fingerprint density at radius 1 is 0.978 bits per heavy atom. The second-order valence-corrected chi connectivity index (χ2v) is 12.3. The Morgan fingerprint density at radius 2 is 1.78 bits per heavy atom. The van der Waals surface area contributed by atoms with Crippen LogP contribution in [0.5, 0.6) is 0 Å². The van der Waals surface area contributed by atoms with Gasteiger partial charge in [0.05, 0.1) is 39.1 Å². The lowest BCUT2D eigenvalue weighted by atomic mass is 10.2. The van der Waals surface area contributed by atoms with Crippen molar-refractivity contribution in [3.8, 4) is 5.82 Å². The standard InChI is InChI=1S/C30H24Cl2F2N8O3S/c1-2-41(13-14-43)21-6-4-7-22-29(21)37-16-42(22)24-12-11-20-28(38-24)30(36-15-35-20)39-27-18(33)9-10-19(26(27)34)40-46(44,45)23-8-3-5-17(31)25(23)32/h3-12,15-16,40,43H,2,13-14H2,1H3,(H,35,36,39). The van der Waals surface area contributed by atoms with Gasteiger partial charge in [-0.2, -0.15) is 0 Å². The molecule has 0 saturated carbocycles. The van der Waals surface area contributed by atoms with Gasteiger partial charge in [-0.15, -0.1) is 0 Å². The van der Waals surface area contributed by atoms with Crippen LogP contribution in [0.4, 0.5) is 31.7 Å². The monoisotopic (exact) mass is 684 g/mol. The van der Waals surface area contributed by atoms with Crippen LogP contribution in [0.25, 0.3) is 27.9 Å². The summed E-state index contributed by atoms with van der Waals surface area (Å²) in [6.07, 6.45) is 2.81. The minimum Gasteiger partial charge on any atom is -0.395 e. The summed E-state index contributed by atoms with van der Waals surface area (Å²) in [6.45, 7) is 3.07. The number of halogens is 4. The number of aliphatic hydroxyl groups excluding tert-OH is 1. The highest BCUT2D eigenvalue weighted by Gasteiger charge is 2.24. The number of hydrogen-bond acceptors (Lipinski definition) is 9. The predicted octanol–water partition coefficient (Wildman–Crippen LogP) is 6.31. The molecule has 6 rings (SSSR count). The van der Waals surface area contributed by atoms with Gasteiger partial charge < -0.3 is 15.3 Å². The number of fused-ring (bicyclic) bond motifs is 2. The van der Waals surface area contributed by atoms with Crippen LogP contribution in [0.2, 0.25) is 10.0 Å². The lowest BCUT2D eigenvalue weighted by molar-refractivity contribution is 0.302. The SMILES string of the molecule is CCN(CCO)c1cccc2c1ncn2-c1ccc2ncnc(Nc3c(F)ccc(NS(=O)(=O)c4cccc(Cl)c4Cl)c3F)c2n1. The zero-order valence-electron chi connectivity index (χ0n) is 23.9. The first-order valence-electron chi connectivity index (χ1n) is 13.8. The number of pyridine rings is 1. The van der Waals surface area contributed by atoms with Crippen molar-refractivity contribution in [2.45, 2.75) is 11.8 Å². The van der Waals surface area contributed by atoms with Gasteiger partial charge in [0, 0.05) is 13.1 Å². The van der Waals surface area contributed by atoms with E-state index in [4.69, 9.17) is 28.2 Å². The highest BCUT2D eigenvalue weighted by atomic mass is 35.5. The third-order valence-corrected chi connectivity index (χ3v) is 9.48. The van der Waals surface area contributed by atoms with Crippen LogP contribution in [0.15, 0.2) is 78.2 Å². The van der Waals surface area contributed by atoms with Crippen molar-refractivity contribution in [1.29, 1.82) is 0 Å². The number of nitrogens with one attached hydrogen (secondary N) is 2. The minimum absolute atomic E-state index is 0.0113. The van der Waals surface area contributed by atoms with Crippen molar-refractivity contribution in [2.24, 2.45) is 0 Å². The van der Waals surface area contributed by atoms with Crippen LogP contribution in [0, 0.1) is 11.6 Å². The van der Waals surface area contributed by atoms with Crippen molar-refractivity contribution in [1.82, 2.24) is 24.5 Å². The van der Waals surface area contributed by atoms with Crippen LogP contribution >= 0.6 is 23.2 Å². The molecule has 0 bridgehead atoms. The van der Waals surface area contributed by atoms with E-state index in [1.54, 1.807) is 23.0 Å². The van der Waals surface area contributed by atoms with E-state index in [-0.39, 0.29) is 32.9 Å². The van der Waals surface area contributed by atoms with Gasteiger partial charge in [-0.05, 0) is 55.5 Å². The van der Waals surface area contributed by atoms with Gasteiger partial charge in [0.25, 0.3) is 10.0 Å². The molecule has 0 saturated heterocycles. The molecule has 0 unspecified atom stereocenters. The molecule has 16 heteroatoms. The van der Waals surface area contributed by atoms with Gasteiger partial charge in [0.1, 0.15) is 45.9 Å². The van der Waals surface area contributed by atoms with Crippen LogP contribution in [0.1, 0.15) is 6.92 Å². The second kappa shape index (κ2) is 12.6. The number of sulfonamides is 1. The molecule has 0 aliphatic heterocycles. The number of aliphatic hydroxyl groups is 1. The van der Waals surface area contributed by atoms with Crippen LogP contribution in [-0.4, -0.2) is 57.7 Å². The number of nitrogens with zero attached hydrogens (tertiary/aromatic N) is 6. The maximum Gasteiger partial charge on any atom is 0.263 e. The van der Waals surface area contributed by atoms with Crippen molar-refractivity contribution >= 4 is 78.2 Å². The van der Waals surface area contributed by atoms with Gasteiger partial charge in [0.15, 0.2) is 11.6 Å². The van der Waals surface area contributed by atoms with E-state index in [0.29, 0.717) is 29.9 Å². The van der Waals surface area contributed by atoms with Crippen LogP contribution < -0.4 is 14.9 Å². The van der Waals surface area contributed by atoms with E-state index >= 15 is 8.78 Å². The summed E-state index contributed by atoms with van der Waals surface area (Å²) < 4.78 is 60.7. The van der Waals surface area contributed by atoms with Crippen LogP contribution in [0.3, 0.4) is 0 Å². The molecule has 6 aromatic rings. The van der Waals surface area contributed by atoms with E-state index < -0.39 is 33.0 Å². The maximum absolute atomic E-state index is 15.7.